The molecule has 4 N–H and O–H groups in total. The predicted molar refractivity (Wildman–Crippen MR) is 96.1 cm³/mol. The summed E-state index contributed by atoms with van der Waals surface area (Å²) in [5.41, 5.74) is 7.90. The van der Waals surface area contributed by atoms with Gasteiger partial charge in [-0.25, -0.2) is 4.98 Å². The number of benzene rings is 1. The predicted octanol–water partition coefficient (Wildman–Crippen LogP) is 3.71. The summed E-state index contributed by atoms with van der Waals surface area (Å²) in [4.78, 5) is 20.3. The van der Waals surface area contributed by atoms with Crippen molar-refractivity contribution in [2.75, 3.05) is 5.32 Å². The number of fused-ring (bicyclic) bond motifs is 1. The number of hydrogen-bond donors (Lipinski definition) is 3. The lowest BCUT2D eigenvalue weighted by Crippen LogP contribution is -2.48. The fraction of sp³-hybridized carbons (Fsp3) is 0.529. The minimum absolute atomic E-state index is 0. The van der Waals surface area contributed by atoms with E-state index >= 15 is 0 Å². The van der Waals surface area contributed by atoms with E-state index in [1.54, 1.807) is 6.92 Å². The van der Waals surface area contributed by atoms with E-state index in [1.165, 1.54) is 19.3 Å². The normalized spacial score (nSPS) is 17.2. The van der Waals surface area contributed by atoms with Gasteiger partial charge in [0, 0.05) is 11.6 Å². The molecule has 0 bridgehead atoms. The molecule has 2 aromatic rings. The number of carbonyl (C=O) groups is 1. The fourth-order valence-electron chi connectivity index (χ4n) is 2.89. The summed E-state index contributed by atoms with van der Waals surface area (Å²) in [5, 5.41) is 2.91. The van der Waals surface area contributed by atoms with Crippen LogP contribution in [0.5, 0.6) is 0 Å². The van der Waals surface area contributed by atoms with Gasteiger partial charge >= 0.3 is 0 Å². The third kappa shape index (κ3) is 3.67. The van der Waals surface area contributed by atoms with Gasteiger partial charge in [0.05, 0.1) is 16.6 Å². The van der Waals surface area contributed by atoms with Crippen LogP contribution in [0.15, 0.2) is 18.2 Å². The van der Waals surface area contributed by atoms with Gasteiger partial charge in [-0.2, -0.15) is 0 Å². The van der Waals surface area contributed by atoms with Gasteiger partial charge in [-0.15, -0.1) is 12.4 Å². The maximum atomic E-state index is 12.3. The smallest absolute Gasteiger partial charge is 0.244 e. The van der Waals surface area contributed by atoms with Crippen molar-refractivity contribution in [1.29, 1.82) is 0 Å². The van der Waals surface area contributed by atoms with E-state index < -0.39 is 5.54 Å². The van der Waals surface area contributed by atoms with Gasteiger partial charge in [0.2, 0.25) is 5.91 Å². The Hall–Kier alpha value is -1.59. The minimum Gasteiger partial charge on any atom is -0.342 e. The molecule has 0 spiro atoms. The lowest BCUT2D eigenvalue weighted by molar-refractivity contribution is -0.120. The van der Waals surface area contributed by atoms with Crippen LogP contribution in [-0.4, -0.2) is 21.4 Å². The number of nitrogens with one attached hydrogen (secondary N) is 2. The Bertz CT molecular complexity index is 691. The maximum absolute atomic E-state index is 12.3. The summed E-state index contributed by atoms with van der Waals surface area (Å²) in [7, 11) is 0. The lowest BCUT2D eigenvalue weighted by atomic mass is 9.85. The summed E-state index contributed by atoms with van der Waals surface area (Å²) >= 11 is 0. The van der Waals surface area contributed by atoms with E-state index in [0.717, 1.165) is 29.0 Å². The van der Waals surface area contributed by atoms with Crippen molar-refractivity contribution in [2.45, 2.75) is 57.4 Å². The second-order valence-corrected chi connectivity index (χ2v) is 6.60. The molecular formula is C17H25ClN4O. The summed E-state index contributed by atoms with van der Waals surface area (Å²) in [6.45, 7) is 3.80. The van der Waals surface area contributed by atoms with E-state index in [4.69, 9.17) is 5.73 Å². The summed E-state index contributed by atoms with van der Waals surface area (Å²) in [6.07, 6.45) is 5.26. The number of nitrogens with two attached hydrogens (primary N) is 1. The van der Waals surface area contributed by atoms with Gasteiger partial charge < -0.3 is 16.0 Å². The first-order valence-electron chi connectivity index (χ1n) is 8.09. The molecule has 126 valence electrons. The van der Waals surface area contributed by atoms with Crippen molar-refractivity contribution in [3.63, 3.8) is 0 Å². The van der Waals surface area contributed by atoms with Crippen molar-refractivity contribution in [3.8, 4) is 0 Å². The molecular weight excluding hydrogens is 312 g/mol. The molecule has 1 heterocycles. The minimum atomic E-state index is -0.839. The summed E-state index contributed by atoms with van der Waals surface area (Å²) < 4.78 is 0. The van der Waals surface area contributed by atoms with Crippen LogP contribution in [0.25, 0.3) is 11.0 Å². The number of aromatic nitrogens is 2. The van der Waals surface area contributed by atoms with Crippen LogP contribution in [0.1, 0.15) is 57.7 Å². The Kier molecular flexibility index (Phi) is 5.32. The molecule has 1 saturated carbocycles. The van der Waals surface area contributed by atoms with E-state index in [2.05, 4.69) is 15.3 Å². The van der Waals surface area contributed by atoms with Crippen molar-refractivity contribution in [1.82, 2.24) is 9.97 Å². The number of aromatic amines is 1. The van der Waals surface area contributed by atoms with Gasteiger partial charge in [0.15, 0.2) is 0 Å². The number of halogens is 1. The molecule has 1 aliphatic rings. The molecule has 1 unspecified atom stereocenters. The number of rotatable bonds is 5. The monoisotopic (exact) mass is 336 g/mol. The van der Waals surface area contributed by atoms with Gasteiger partial charge in [-0.1, -0.05) is 19.8 Å². The van der Waals surface area contributed by atoms with E-state index in [9.17, 15) is 4.79 Å². The van der Waals surface area contributed by atoms with E-state index in [0.29, 0.717) is 12.3 Å². The van der Waals surface area contributed by atoms with Gasteiger partial charge in [-0.3, -0.25) is 4.79 Å². The maximum Gasteiger partial charge on any atom is 0.244 e. The Morgan fingerprint density at radius 2 is 2.22 bits per heavy atom. The highest BCUT2D eigenvalue weighted by Gasteiger charge is 2.27. The van der Waals surface area contributed by atoms with Crippen molar-refractivity contribution >= 4 is 35.0 Å². The number of anilines is 1. The second kappa shape index (κ2) is 6.89. The molecule has 6 heteroatoms. The van der Waals surface area contributed by atoms with Crippen LogP contribution in [-0.2, 0) is 4.79 Å². The quantitative estimate of drug-likeness (QED) is 0.778. The molecule has 3 rings (SSSR count). The van der Waals surface area contributed by atoms with E-state index in [-0.39, 0.29) is 18.3 Å². The van der Waals surface area contributed by atoms with Crippen LogP contribution in [0.3, 0.4) is 0 Å². The highest BCUT2D eigenvalue weighted by molar-refractivity contribution is 5.98. The Morgan fingerprint density at radius 1 is 1.48 bits per heavy atom. The van der Waals surface area contributed by atoms with Crippen molar-refractivity contribution < 1.29 is 4.79 Å². The fourth-order valence-corrected chi connectivity index (χ4v) is 2.89. The SMILES string of the molecule is CCCC(C)(N)C(=O)Nc1ccc2nc(C3CCC3)[nH]c2c1.Cl. The third-order valence-electron chi connectivity index (χ3n) is 4.54. The Morgan fingerprint density at radius 3 is 2.83 bits per heavy atom. The molecule has 1 fully saturated rings. The molecule has 1 atom stereocenters. The highest BCUT2D eigenvalue weighted by Crippen LogP contribution is 2.35. The molecule has 1 aliphatic carbocycles. The molecule has 5 nitrogen and oxygen atoms in total. The molecule has 0 saturated heterocycles. The van der Waals surface area contributed by atoms with Gasteiger partial charge in [0.1, 0.15) is 5.82 Å². The zero-order chi connectivity index (χ0) is 15.7. The van der Waals surface area contributed by atoms with Gasteiger partial charge in [0.25, 0.3) is 0 Å². The standard InChI is InChI=1S/C17H24N4O.ClH/c1-3-9-17(2,18)16(22)19-12-7-8-13-14(10-12)21-15(20-13)11-5-4-6-11;/h7-8,10-11H,3-6,9,18H2,1-2H3,(H,19,22)(H,20,21);1H. The first-order valence-corrected chi connectivity index (χ1v) is 8.09. The largest absolute Gasteiger partial charge is 0.342 e. The second-order valence-electron chi connectivity index (χ2n) is 6.60. The van der Waals surface area contributed by atoms with Crippen LogP contribution in [0, 0.1) is 0 Å². The average Bonchev–Trinajstić information content (AvgIpc) is 2.78. The zero-order valence-electron chi connectivity index (χ0n) is 13.7. The van der Waals surface area contributed by atoms with Crippen molar-refractivity contribution in [3.05, 3.63) is 24.0 Å². The Labute approximate surface area is 142 Å². The molecule has 1 aromatic carbocycles. The molecule has 1 amide bonds. The molecule has 23 heavy (non-hydrogen) atoms. The van der Waals surface area contributed by atoms with Crippen LogP contribution >= 0.6 is 12.4 Å². The zero-order valence-corrected chi connectivity index (χ0v) is 14.5. The van der Waals surface area contributed by atoms with Crippen LogP contribution < -0.4 is 11.1 Å². The highest BCUT2D eigenvalue weighted by atomic mass is 35.5. The summed E-state index contributed by atoms with van der Waals surface area (Å²) in [6, 6.07) is 5.76. The first kappa shape index (κ1) is 17.8. The number of carbonyl (C=O) groups excluding carboxylic acids is 1. The third-order valence-corrected chi connectivity index (χ3v) is 4.54. The number of nitrogens with zero attached hydrogens (tertiary/aromatic N) is 1. The number of amides is 1. The number of hydrogen-bond acceptors (Lipinski definition) is 3. The summed E-state index contributed by atoms with van der Waals surface area (Å²) in [5.74, 6) is 1.49. The molecule has 0 radical (unpaired) electrons. The Balaban J connectivity index is 0.00000192. The lowest BCUT2D eigenvalue weighted by Gasteiger charge is -2.22. The average molecular weight is 337 g/mol. The van der Waals surface area contributed by atoms with Crippen molar-refractivity contribution in [2.24, 2.45) is 5.73 Å². The van der Waals surface area contributed by atoms with Crippen LogP contribution in [0.4, 0.5) is 5.69 Å². The molecule has 0 aliphatic heterocycles. The topological polar surface area (TPSA) is 83.8 Å². The van der Waals surface area contributed by atoms with E-state index in [1.807, 2.05) is 25.1 Å². The van der Waals surface area contributed by atoms with Crippen LogP contribution in [0.2, 0.25) is 0 Å². The van der Waals surface area contributed by atoms with Gasteiger partial charge in [-0.05, 0) is 44.4 Å². The first-order chi connectivity index (χ1) is 10.5. The number of H-pyrrole nitrogens is 1. The molecule has 1 aromatic heterocycles. The number of imidazole rings is 1.